The van der Waals surface area contributed by atoms with Crippen molar-refractivity contribution in [2.75, 3.05) is 5.32 Å². The number of imidazole rings is 1. The minimum Gasteiger partial charge on any atom is -0.328 e. The van der Waals surface area contributed by atoms with Crippen molar-refractivity contribution in [1.29, 1.82) is 0 Å². The van der Waals surface area contributed by atoms with Crippen LogP contribution in [0.15, 0.2) is 28.2 Å². The van der Waals surface area contributed by atoms with E-state index in [1.54, 1.807) is 23.9 Å². The molecule has 1 aliphatic carbocycles. The Bertz CT molecular complexity index is 1130. The third-order valence-electron chi connectivity index (χ3n) is 5.11. The maximum absolute atomic E-state index is 12.7. The van der Waals surface area contributed by atoms with Crippen molar-refractivity contribution in [1.82, 2.24) is 28.5 Å². The molecule has 10 nitrogen and oxygen atoms in total. The lowest BCUT2D eigenvalue weighted by Crippen LogP contribution is -2.42. The molecular formula is C17H21N7O3. The fourth-order valence-electron chi connectivity index (χ4n) is 3.71. The molecule has 0 spiro atoms. The van der Waals surface area contributed by atoms with Gasteiger partial charge in [0.25, 0.3) is 5.56 Å². The highest BCUT2D eigenvalue weighted by Gasteiger charge is 2.21. The van der Waals surface area contributed by atoms with Crippen molar-refractivity contribution in [2.24, 2.45) is 14.1 Å². The van der Waals surface area contributed by atoms with Gasteiger partial charge in [-0.2, -0.15) is 5.10 Å². The van der Waals surface area contributed by atoms with Crippen molar-refractivity contribution in [3.05, 3.63) is 39.4 Å². The maximum atomic E-state index is 12.7. The second-order valence-corrected chi connectivity index (χ2v) is 6.91. The monoisotopic (exact) mass is 371 g/mol. The highest BCUT2D eigenvalue weighted by Crippen LogP contribution is 2.31. The smallest absolute Gasteiger partial charge is 0.328 e. The Morgan fingerprint density at radius 1 is 1.26 bits per heavy atom. The van der Waals surface area contributed by atoms with Crippen molar-refractivity contribution >= 4 is 22.9 Å². The third kappa shape index (κ3) is 2.86. The molecule has 3 aromatic heterocycles. The minimum atomic E-state index is -0.578. The third-order valence-corrected chi connectivity index (χ3v) is 5.11. The molecule has 0 bridgehead atoms. The molecule has 1 aliphatic rings. The molecule has 142 valence electrons. The van der Waals surface area contributed by atoms with E-state index in [-0.39, 0.29) is 18.1 Å². The van der Waals surface area contributed by atoms with Gasteiger partial charge in [-0.3, -0.25) is 14.2 Å². The van der Waals surface area contributed by atoms with Crippen LogP contribution < -0.4 is 16.6 Å². The zero-order chi connectivity index (χ0) is 19.1. The Morgan fingerprint density at radius 2 is 2.00 bits per heavy atom. The first-order valence-corrected chi connectivity index (χ1v) is 8.91. The van der Waals surface area contributed by atoms with Gasteiger partial charge in [-0.15, -0.1) is 0 Å². The van der Waals surface area contributed by atoms with Gasteiger partial charge in [0, 0.05) is 20.2 Å². The molecule has 1 amide bonds. The minimum absolute atomic E-state index is 0.275. The molecule has 1 N–H and O–H groups in total. The Hall–Kier alpha value is -3.17. The number of carbonyl (C=O) groups excluding carboxylic acids is 1. The average molecular weight is 371 g/mol. The topological polar surface area (TPSA) is 109 Å². The van der Waals surface area contributed by atoms with Crippen molar-refractivity contribution in [3.63, 3.8) is 0 Å². The Kier molecular flexibility index (Phi) is 4.17. The summed E-state index contributed by atoms with van der Waals surface area (Å²) in [5.41, 5.74) is -0.539. The summed E-state index contributed by atoms with van der Waals surface area (Å²) in [4.78, 5) is 41.8. The molecular weight excluding hydrogens is 350 g/mol. The largest absolute Gasteiger partial charge is 0.332 e. The number of fused-ring (bicyclic) bond motifs is 1. The van der Waals surface area contributed by atoms with Gasteiger partial charge in [0.1, 0.15) is 12.4 Å². The van der Waals surface area contributed by atoms with Crippen molar-refractivity contribution in [3.8, 4) is 0 Å². The quantitative estimate of drug-likeness (QED) is 0.713. The number of amides is 1. The molecule has 27 heavy (non-hydrogen) atoms. The van der Waals surface area contributed by atoms with E-state index in [1.165, 1.54) is 17.9 Å². The molecule has 10 heteroatoms. The lowest BCUT2D eigenvalue weighted by atomic mass is 10.2. The van der Waals surface area contributed by atoms with Gasteiger partial charge >= 0.3 is 5.69 Å². The van der Waals surface area contributed by atoms with Crippen LogP contribution in [0.5, 0.6) is 0 Å². The summed E-state index contributed by atoms with van der Waals surface area (Å²) >= 11 is 0. The van der Waals surface area contributed by atoms with E-state index >= 15 is 0 Å². The predicted molar refractivity (Wildman–Crippen MR) is 98.6 cm³/mol. The highest BCUT2D eigenvalue weighted by atomic mass is 16.2. The Morgan fingerprint density at radius 3 is 2.74 bits per heavy atom. The van der Waals surface area contributed by atoms with Crippen LogP contribution in [0.25, 0.3) is 11.2 Å². The van der Waals surface area contributed by atoms with E-state index in [1.807, 2.05) is 4.68 Å². The summed E-state index contributed by atoms with van der Waals surface area (Å²) in [5.74, 6) is 0.133. The van der Waals surface area contributed by atoms with Gasteiger partial charge in [0.05, 0.1) is 18.6 Å². The van der Waals surface area contributed by atoms with E-state index < -0.39 is 17.2 Å². The van der Waals surface area contributed by atoms with Gasteiger partial charge in [-0.1, -0.05) is 12.8 Å². The number of aromatic nitrogens is 6. The van der Waals surface area contributed by atoms with E-state index in [0.717, 1.165) is 30.3 Å². The first kappa shape index (κ1) is 17.3. The maximum Gasteiger partial charge on any atom is 0.332 e. The van der Waals surface area contributed by atoms with Crippen LogP contribution in [0.4, 0.5) is 5.82 Å². The lowest BCUT2D eigenvalue weighted by molar-refractivity contribution is -0.116. The summed E-state index contributed by atoms with van der Waals surface area (Å²) in [6, 6.07) is 2.00. The summed E-state index contributed by atoms with van der Waals surface area (Å²) in [5, 5.41) is 7.09. The Balaban J connectivity index is 1.63. The molecule has 4 rings (SSSR count). The summed E-state index contributed by atoms with van der Waals surface area (Å²) in [6.45, 7) is -0.373. The number of nitrogens with one attached hydrogen (secondary N) is 1. The first-order valence-electron chi connectivity index (χ1n) is 8.91. The number of hydrogen-bond donors (Lipinski definition) is 1. The van der Waals surface area contributed by atoms with Gasteiger partial charge in [-0.25, -0.2) is 19.0 Å². The number of hydrogen-bond acceptors (Lipinski definition) is 5. The van der Waals surface area contributed by atoms with Crippen LogP contribution in [0.3, 0.4) is 0 Å². The number of carbonyl (C=O) groups is 1. The number of nitrogens with zero attached hydrogens (tertiary/aromatic N) is 6. The number of rotatable bonds is 4. The van der Waals surface area contributed by atoms with Gasteiger partial charge in [-0.05, 0) is 12.8 Å². The van der Waals surface area contributed by atoms with E-state index in [0.29, 0.717) is 11.5 Å². The molecule has 0 atom stereocenters. The molecule has 1 fully saturated rings. The van der Waals surface area contributed by atoms with Gasteiger partial charge < -0.3 is 9.88 Å². The zero-order valence-electron chi connectivity index (χ0n) is 15.3. The van der Waals surface area contributed by atoms with E-state index in [9.17, 15) is 14.4 Å². The summed E-state index contributed by atoms with van der Waals surface area (Å²) in [6.07, 6.45) is 7.46. The zero-order valence-corrected chi connectivity index (χ0v) is 15.3. The van der Waals surface area contributed by atoms with Gasteiger partial charge in [0.2, 0.25) is 5.91 Å². The van der Waals surface area contributed by atoms with Crippen LogP contribution in [-0.4, -0.2) is 34.4 Å². The number of anilines is 1. The fraction of sp³-hybridized carbons (Fsp3) is 0.471. The highest BCUT2D eigenvalue weighted by molar-refractivity contribution is 5.89. The molecule has 0 aromatic carbocycles. The summed E-state index contributed by atoms with van der Waals surface area (Å²) in [7, 11) is 3.20. The summed E-state index contributed by atoms with van der Waals surface area (Å²) < 4.78 is 5.55. The van der Waals surface area contributed by atoms with Crippen LogP contribution in [-0.2, 0) is 25.4 Å². The first-order chi connectivity index (χ1) is 13.0. The van der Waals surface area contributed by atoms with Crippen molar-refractivity contribution < 1.29 is 4.79 Å². The number of aryl methyl sites for hydroxylation is 2. The molecule has 0 saturated heterocycles. The molecule has 0 unspecified atom stereocenters. The Labute approximate surface area is 154 Å². The van der Waals surface area contributed by atoms with Crippen LogP contribution in [0.2, 0.25) is 0 Å². The second kappa shape index (κ2) is 6.53. The molecule has 0 radical (unpaired) electrons. The van der Waals surface area contributed by atoms with Crippen LogP contribution in [0, 0.1) is 0 Å². The second-order valence-electron chi connectivity index (χ2n) is 6.91. The van der Waals surface area contributed by atoms with Gasteiger partial charge in [0.15, 0.2) is 11.2 Å². The van der Waals surface area contributed by atoms with Crippen LogP contribution >= 0.6 is 0 Å². The molecule has 1 saturated carbocycles. The standard InChI is InChI=1S/C17H21N7O3/c1-21-10-18-15-14(21)16(26)23(17(27)22(15)2)9-13(25)20-12-7-8-19-24(12)11-5-3-4-6-11/h7-8,10-11H,3-6,9H2,1-2H3,(H,20,25). The molecule has 3 heterocycles. The normalized spacial score (nSPS) is 14.9. The van der Waals surface area contributed by atoms with Crippen LogP contribution in [0.1, 0.15) is 31.7 Å². The van der Waals surface area contributed by atoms with Crippen molar-refractivity contribution in [2.45, 2.75) is 38.3 Å². The molecule has 3 aromatic rings. The SMILES string of the molecule is Cn1cnc2c1c(=O)n(CC(=O)Nc1ccnn1C1CCCC1)c(=O)n2C. The average Bonchev–Trinajstić information content (AvgIpc) is 3.37. The van der Waals surface area contributed by atoms with E-state index in [4.69, 9.17) is 0 Å². The van der Waals surface area contributed by atoms with E-state index in [2.05, 4.69) is 15.4 Å². The fourth-order valence-corrected chi connectivity index (χ4v) is 3.71. The lowest BCUT2D eigenvalue weighted by Gasteiger charge is -2.15. The predicted octanol–water partition coefficient (Wildman–Crippen LogP) is 0.384. The molecule has 0 aliphatic heterocycles.